The topological polar surface area (TPSA) is 51.6 Å². The number of hydrogen-bond acceptors (Lipinski definition) is 4. The third-order valence-corrected chi connectivity index (χ3v) is 3.06. The number of rotatable bonds is 6. The molecule has 0 atom stereocenters. The molecule has 4 heteroatoms. The fraction of sp³-hybridized carbons (Fsp3) is 0.333. The molecule has 2 rings (SSSR count). The Morgan fingerprint density at radius 3 is 2.74 bits per heavy atom. The van der Waals surface area contributed by atoms with Gasteiger partial charge in [0, 0.05) is 18.7 Å². The number of nitrogens with zero attached hydrogens (tertiary/aromatic N) is 1. The molecule has 0 saturated carbocycles. The second kappa shape index (κ2) is 6.29. The highest BCUT2D eigenvalue weighted by Gasteiger charge is 2.06. The largest absolute Gasteiger partial charge is 0.490 e. The van der Waals surface area contributed by atoms with Crippen LogP contribution < -0.4 is 10.5 Å². The number of anilines is 1. The van der Waals surface area contributed by atoms with E-state index >= 15 is 0 Å². The van der Waals surface area contributed by atoms with Crippen LogP contribution >= 0.6 is 0 Å². The zero-order valence-electron chi connectivity index (χ0n) is 11.4. The molecule has 0 spiro atoms. The van der Waals surface area contributed by atoms with E-state index in [4.69, 9.17) is 14.9 Å². The Morgan fingerprint density at radius 1 is 1.26 bits per heavy atom. The van der Waals surface area contributed by atoms with Crippen LogP contribution in [0, 0.1) is 6.92 Å². The lowest BCUT2D eigenvalue weighted by Crippen LogP contribution is -2.24. The zero-order valence-corrected chi connectivity index (χ0v) is 11.4. The summed E-state index contributed by atoms with van der Waals surface area (Å²) in [6, 6.07) is 9.55. The van der Waals surface area contributed by atoms with Crippen molar-refractivity contribution in [1.29, 1.82) is 0 Å². The second-order valence-electron chi connectivity index (χ2n) is 4.63. The van der Waals surface area contributed by atoms with Crippen molar-refractivity contribution in [2.24, 2.45) is 0 Å². The normalized spacial score (nSPS) is 10.9. The molecule has 0 aliphatic rings. The third-order valence-electron chi connectivity index (χ3n) is 3.06. The molecule has 4 nitrogen and oxygen atoms in total. The first-order valence-corrected chi connectivity index (χ1v) is 6.35. The van der Waals surface area contributed by atoms with Crippen LogP contribution in [0.15, 0.2) is 41.0 Å². The van der Waals surface area contributed by atoms with Crippen molar-refractivity contribution in [1.82, 2.24) is 4.90 Å². The van der Waals surface area contributed by atoms with E-state index in [1.807, 2.05) is 37.3 Å². The van der Waals surface area contributed by atoms with Gasteiger partial charge in [0.05, 0.1) is 12.0 Å². The first-order valence-electron chi connectivity index (χ1n) is 6.35. The Bertz CT molecular complexity index is 522. The monoisotopic (exact) mass is 260 g/mol. The number of aryl methyl sites for hydroxylation is 1. The molecule has 1 heterocycles. The van der Waals surface area contributed by atoms with E-state index in [2.05, 4.69) is 11.9 Å². The van der Waals surface area contributed by atoms with Crippen molar-refractivity contribution in [3.05, 3.63) is 47.9 Å². The Hall–Kier alpha value is -1.94. The molecular weight excluding hydrogens is 240 g/mol. The van der Waals surface area contributed by atoms with Crippen molar-refractivity contribution >= 4 is 5.69 Å². The van der Waals surface area contributed by atoms with E-state index in [-0.39, 0.29) is 0 Å². The van der Waals surface area contributed by atoms with E-state index in [9.17, 15) is 0 Å². The van der Waals surface area contributed by atoms with Crippen molar-refractivity contribution in [3.8, 4) is 5.75 Å². The minimum atomic E-state index is 0.613. The fourth-order valence-corrected chi connectivity index (χ4v) is 1.87. The van der Waals surface area contributed by atoms with E-state index in [0.29, 0.717) is 12.3 Å². The predicted octanol–water partition coefficient (Wildman–Crippen LogP) is 2.68. The molecular formula is C15H20N2O2. The van der Waals surface area contributed by atoms with Crippen molar-refractivity contribution < 1.29 is 9.15 Å². The highest BCUT2D eigenvalue weighted by atomic mass is 16.5. The van der Waals surface area contributed by atoms with Crippen molar-refractivity contribution in [2.45, 2.75) is 13.5 Å². The standard InChI is InChI=1S/C15H20N2O2/c1-12-13(7-9-18-12)11-17(2)8-10-19-15-6-4-3-5-14(15)16/h3-7,9H,8,10-11,16H2,1-2H3. The maximum atomic E-state index is 5.82. The molecule has 0 unspecified atom stereocenters. The van der Waals surface area contributed by atoms with Crippen LogP contribution in [-0.2, 0) is 6.54 Å². The number of nitrogens with two attached hydrogens (primary N) is 1. The lowest BCUT2D eigenvalue weighted by Gasteiger charge is -2.17. The van der Waals surface area contributed by atoms with Gasteiger partial charge in [-0.3, -0.25) is 4.90 Å². The van der Waals surface area contributed by atoms with E-state index in [1.165, 1.54) is 5.56 Å². The van der Waals surface area contributed by atoms with E-state index in [0.717, 1.165) is 24.6 Å². The summed E-state index contributed by atoms with van der Waals surface area (Å²) in [5.41, 5.74) is 7.70. The number of furan rings is 1. The molecule has 2 N–H and O–H groups in total. The van der Waals surface area contributed by atoms with Gasteiger partial charge in [0.1, 0.15) is 18.1 Å². The van der Waals surface area contributed by atoms with Crippen LogP contribution in [0.2, 0.25) is 0 Å². The van der Waals surface area contributed by atoms with Crippen LogP contribution in [-0.4, -0.2) is 25.1 Å². The van der Waals surface area contributed by atoms with Gasteiger partial charge in [0.2, 0.25) is 0 Å². The van der Waals surface area contributed by atoms with Crippen LogP contribution in [0.5, 0.6) is 5.75 Å². The number of benzene rings is 1. The maximum Gasteiger partial charge on any atom is 0.142 e. The Labute approximate surface area is 113 Å². The van der Waals surface area contributed by atoms with Gasteiger partial charge >= 0.3 is 0 Å². The summed E-state index contributed by atoms with van der Waals surface area (Å²) in [5, 5.41) is 0. The van der Waals surface area contributed by atoms with Crippen molar-refractivity contribution in [2.75, 3.05) is 25.9 Å². The van der Waals surface area contributed by atoms with Crippen molar-refractivity contribution in [3.63, 3.8) is 0 Å². The molecule has 0 saturated heterocycles. The van der Waals surface area contributed by atoms with Crippen LogP contribution in [0.4, 0.5) is 5.69 Å². The van der Waals surface area contributed by atoms with Gasteiger partial charge in [-0.2, -0.15) is 0 Å². The second-order valence-corrected chi connectivity index (χ2v) is 4.63. The molecule has 2 aromatic rings. The van der Waals surface area contributed by atoms with Crippen LogP contribution in [0.25, 0.3) is 0 Å². The summed E-state index contributed by atoms with van der Waals surface area (Å²) in [6.45, 7) is 4.28. The van der Waals surface area contributed by atoms with Gasteiger partial charge in [-0.05, 0) is 32.2 Å². The smallest absolute Gasteiger partial charge is 0.142 e. The first kappa shape index (κ1) is 13.5. The lowest BCUT2D eigenvalue weighted by atomic mass is 10.2. The SMILES string of the molecule is Cc1occc1CN(C)CCOc1ccccc1N. The summed E-state index contributed by atoms with van der Waals surface area (Å²) in [4.78, 5) is 2.19. The number of likely N-dealkylation sites (N-methyl/N-ethyl adjacent to an activating group) is 1. The Morgan fingerprint density at radius 2 is 2.05 bits per heavy atom. The summed E-state index contributed by atoms with van der Waals surface area (Å²) >= 11 is 0. The zero-order chi connectivity index (χ0) is 13.7. The molecule has 102 valence electrons. The molecule has 0 aliphatic heterocycles. The average molecular weight is 260 g/mol. The van der Waals surface area contributed by atoms with E-state index < -0.39 is 0 Å². The minimum Gasteiger partial charge on any atom is -0.490 e. The number of nitrogen functional groups attached to an aromatic ring is 1. The number of ether oxygens (including phenoxy) is 1. The maximum absolute atomic E-state index is 5.82. The summed E-state index contributed by atoms with van der Waals surface area (Å²) in [6.07, 6.45) is 1.72. The molecule has 1 aromatic carbocycles. The molecule has 0 amide bonds. The van der Waals surface area contributed by atoms with Gasteiger partial charge in [-0.15, -0.1) is 0 Å². The summed E-state index contributed by atoms with van der Waals surface area (Å²) in [7, 11) is 2.06. The Balaban J connectivity index is 1.77. The lowest BCUT2D eigenvalue weighted by molar-refractivity contribution is 0.233. The fourth-order valence-electron chi connectivity index (χ4n) is 1.87. The predicted molar refractivity (Wildman–Crippen MR) is 76.1 cm³/mol. The molecule has 0 aliphatic carbocycles. The molecule has 0 radical (unpaired) electrons. The van der Waals surface area contributed by atoms with Gasteiger partial charge in [-0.25, -0.2) is 0 Å². The summed E-state index contributed by atoms with van der Waals surface area (Å²) < 4.78 is 10.9. The number of hydrogen-bond donors (Lipinski definition) is 1. The average Bonchev–Trinajstić information content (AvgIpc) is 2.77. The molecule has 0 bridgehead atoms. The van der Waals surface area contributed by atoms with Gasteiger partial charge in [-0.1, -0.05) is 12.1 Å². The van der Waals surface area contributed by atoms with Crippen LogP contribution in [0.3, 0.4) is 0 Å². The third kappa shape index (κ3) is 3.76. The van der Waals surface area contributed by atoms with Crippen LogP contribution in [0.1, 0.15) is 11.3 Å². The molecule has 0 fully saturated rings. The van der Waals surface area contributed by atoms with E-state index in [1.54, 1.807) is 6.26 Å². The number of para-hydroxylation sites is 2. The van der Waals surface area contributed by atoms with Gasteiger partial charge in [0.15, 0.2) is 0 Å². The Kier molecular flexibility index (Phi) is 4.47. The molecule has 19 heavy (non-hydrogen) atoms. The highest BCUT2D eigenvalue weighted by Crippen LogP contribution is 2.19. The minimum absolute atomic E-state index is 0.613. The highest BCUT2D eigenvalue weighted by molar-refractivity contribution is 5.51. The quantitative estimate of drug-likeness (QED) is 0.811. The first-order chi connectivity index (χ1) is 9.16. The summed E-state index contributed by atoms with van der Waals surface area (Å²) in [5.74, 6) is 1.72. The van der Waals surface area contributed by atoms with Gasteiger partial charge < -0.3 is 14.9 Å². The van der Waals surface area contributed by atoms with Gasteiger partial charge in [0.25, 0.3) is 0 Å². The molecule has 1 aromatic heterocycles.